The standard InChI is InChI=1S/C13H18BN4O3/c1-13(16(2)14-10-19)5-7-17(8-6-13)11-3-4-12(15-9-11)18(20)21/h3-4,9-10H,5-8H2,1-2H3. The van der Waals surface area contributed by atoms with Crippen LogP contribution in [0.3, 0.4) is 0 Å². The van der Waals surface area contributed by atoms with Gasteiger partial charge in [0.15, 0.2) is 6.20 Å². The molecule has 1 fully saturated rings. The first-order valence-corrected chi connectivity index (χ1v) is 6.83. The van der Waals surface area contributed by atoms with Crippen LogP contribution in [0.15, 0.2) is 18.3 Å². The van der Waals surface area contributed by atoms with Crippen LogP contribution in [-0.4, -0.2) is 54.0 Å². The fourth-order valence-electron chi connectivity index (χ4n) is 2.54. The number of hydrogen-bond acceptors (Lipinski definition) is 6. The summed E-state index contributed by atoms with van der Waals surface area (Å²) in [6, 6.07) is 3.16. The van der Waals surface area contributed by atoms with Gasteiger partial charge in [-0.25, -0.2) is 0 Å². The van der Waals surface area contributed by atoms with Gasteiger partial charge in [0.1, 0.15) is 0 Å². The van der Waals surface area contributed by atoms with Gasteiger partial charge in [0.2, 0.25) is 0 Å². The Morgan fingerprint density at radius 1 is 1.48 bits per heavy atom. The molecule has 1 aliphatic rings. The van der Waals surface area contributed by atoms with Gasteiger partial charge in [-0.2, -0.15) is 0 Å². The van der Waals surface area contributed by atoms with E-state index in [1.807, 2.05) is 11.9 Å². The maximum Gasteiger partial charge on any atom is 0.363 e. The molecule has 7 nitrogen and oxygen atoms in total. The van der Waals surface area contributed by atoms with E-state index >= 15 is 0 Å². The van der Waals surface area contributed by atoms with Crippen molar-refractivity contribution in [1.29, 1.82) is 0 Å². The Kier molecular flexibility index (Phi) is 4.57. The lowest BCUT2D eigenvalue weighted by Crippen LogP contribution is -2.53. The van der Waals surface area contributed by atoms with E-state index in [0.717, 1.165) is 37.8 Å². The third-order valence-electron chi connectivity index (χ3n) is 4.26. The highest BCUT2D eigenvalue weighted by molar-refractivity contribution is 6.64. The summed E-state index contributed by atoms with van der Waals surface area (Å²) in [5.74, 6) is -0.138. The lowest BCUT2D eigenvalue weighted by molar-refractivity contribution is -0.389. The van der Waals surface area contributed by atoms with Crippen molar-refractivity contribution in [3.05, 3.63) is 28.4 Å². The van der Waals surface area contributed by atoms with Gasteiger partial charge in [-0.15, -0.1) is 0 Å². The topological polar surface area (TPSA) is 79.6 Å². The number of pyridine rings is 1. The average molecular weight is 289 g/mol. The van der Waals surface area contributed by atoms with Crippen molar-refractivity contribution >= 4 is 25.1 Å². The normalized spacial score (nSPS) is 17.6. The SMILES string of the molecule is CN([B]C=O)C1(C)CCN(c2ccc([N+](=O)[O-])nc2)CC1. The maximum atomic E-state index is 10.6. The van der Waals surface area contributed by atoms with E-state index in [1.54, 1.807) is 19.7 Å². The number of nitrogens with zero attached hydrogens (tertiary/aromatic N) is 4. The van der Waals surface area contributed by atoms with Crippen molar-refractivity contribution in [3.8, 4) is 0 Å². The van der Waals surface area contributed by atoms with Gasteiger partial charge in [0.05, 0.1) is 11.9 Å². The second kappa shape index (κ2) is 6.21. The van der Waals surface area contributed by atoms with E-state index in [9.17, 15) is 14.9 Å². The number of carbonyl (C=O) groups is 1. The number of hydrogen-bond donors (Lipinski definition) is 0. The Balaban J connectivity index is 2.00. The van der Waals surface area contributed by atoms with E-state index < -0.39 is 4.92 Å². The highest BCUT2D eigenvalue weighted by atomic mass is 16.6. The average Bonchev–Trinajstić information content (AvgIpc) is 2.48. The summed E-state index contributed by atoms with van der Waals surface area (Å²) in [7, 11) is 3.47. The molecule has 2 rings (SSSR count). The number of aromatic nitrogens is 1. The van der Waals surface area contributed by atoms with E-state index in [1.165, 1.54) is 6.07 Å². The Hall–Kier alpha value is -1.96. The number of anilines is 1. The second-order valence-electron chi connectivity index (χ2n) is 5.51. The highest BCUT2D eigenvalue weighted by Crippen LogP contribution is 2.29. The Bertz CT molecular complexity index is 515. The van der Waals surface area contributed by atoms with Crippen molar-refractivity contribution in [2.45, 2.75) is 25.3 Å². The minimum absolute atomic E-state index is 0.0361. The summed E-state index contributed by atoms with van der Waals surface area (Å²) >= 11 is 0. The van der Waals surface area contributed by atoms with E-state index in [2.05, 4.69) is 16.8 Å². The van der Waals surface area contributed by atoms with Gasteiger partial charge in [-0.1, -0.05) is 0 Å². The fourth-order valence-corrected chi connectivity index (χ4v) is 2.54. The molecule has 1 saturated heterocycles. The molecule has 0 spiro atoms. The van der Waals surface area contributed by atoms with Gasteiger partial charge in [-0.05, 0) is 42.8 Å². The first kappa shape index (κ1) is 15.4. The third-order valence-corrected chi connectivity index (χ3v) is 4.26. The summed E-state index contributed by atoms with van der Waals surface area (Å²) in [4.78, 5) is 28.7. The molecule has 1 aliphatic heterocycles. The molecule has 2 heterocycles. The third kappa shape index (κ3) is 3.39. The van der Waals surface area contributed by atoms with Gasteiger partial charge in [-0.3, -0.25) is 0 Å². The van der Waals surface area contributed by atoms with Crippen LogP contribution in [0.4, 0.5) is 11.5 Å². The van der Waals surface area contributed by atoms with Crippen LogP contribution in [0.1, 0.15) is 19.8 Å². The molecule has 1 aromatic heterocycles. The molecule has 0 saturated carbocycles. The molecule has 0 unspecified atom stereocenters. The largest absolute Gasteiger partial charge is 0.368 e. The maximum absolute atomic E-state index is 10.6. The molecular weight excluding hydrogens is 271 g/mol. The van der Waals surface area contributed by atoms with Crippen LogP contribution in [0.5, 0.6) is 0 Å². The quantitative estimate of drug-likeness (QED) is 0.349. The number of piperidine rings is 1. The molecular formula is C13H18BN4O3. The first-order chi connectivity index (χ1) is 9.96. The lowest BCUT2D eigenvalue weighted by atomic mass is 9.80. The predicted octanol–water partition coefficient (Wildman–Crippen LogP) is 1.09. The molecule has 1 aromatic rings. The molecule has 0 atom stereocenters. The molecule has 0 aromatic carbocycles. The van der Waals surface area contributed by atoms with Crippen LogP contribution in [0.2, 0.25) is 0 Å². The number of rotatable bonds is 5. The summed E-state index contributed by atoms with van der Waals surface area (Å²) < 4.78 is 0. The van der Waals surface area contributed by atoms with Crippen LogP contribution in [-0.2, 0) is 4.79 Å². The van der Waals surface area contributed by atoms with E-state index in [-0.39, 0.29) is 11.4 Å². The molecule has 21 heavy (non-hydrogen) atoms. The van der Waals surface area contributed by atoms with Crippen molar-refractivity contribution < 1.29 is 9.72 Å². The zero-order valence-corrected chi connectivity index (χ0v) is 12.2. The van der Waals surface area contributed by atoms with E-state index in [4.69, 9.17) is 0 Å². The summed E-state index contributed by atoms with van der Waals surface area (Å²) in [6.45, 7) is 3.79. The van der Waals surface area contributed by atoms with Crippen LogP contribution < -0.4 is 4.90 Å². The molecule has 111 valence electrons. The van der Waals surface area contributed by atoms with Crippen molar-refractivity contribution in [2.24, 2.45) is 0 Å². The van der Waals surface area contributed by atoms with Gasteiger partial charge < -0.3 is 24.6 Å². The minimum atomic E-state index is -0.499. The zero-order chi connectivity index (χ0) is 15.5. The zero-order valence-electron chi connectivity index (χ0n) is 12.2. The second-order valence-corrected chi connectivity index (χ2v) is 5.51. The highest BCUT2D eigenvalue weighted by Gasteiger charge is 2.33. The molecule has 8 heteroatoms. The molecule has 1 radical (unpaired) electrons. The van der Waals surface area contributed by atoms with Gasteiger partial charge in [0.25, 0.3) is 7.41 Å². The Morgan fingerprint density at radius 2 is 2.14 bits per heavy atom. The summed E-state index contributed by atoms with van der Waals surface area (Å²) in [5.41, 5.74) is 0.857. The molecule has 0 N–H and O–H groups in total. The first-order valence-electron chi connectivity index (χ1n) is 6.83. The Morgan fingerprint density at radius 3 is 2.62 bits per heavy atom. The number of carbonyl (C=O) groups excluding carboxylic acids is 1. The molecule has 0 amide bonds. The van der Waals surface area contributed by atoms with Gasteiger partial charge in [0, 0.05) is 24.7 Å². The van der Waals surface area contributed by atoms with Crippen LogP contribution in [0, 0.1) is 10.1 Å². The minimum Gasteiger partial charge on any atom is -0.368 e. The predicted molar refractivity (Wildman–Crippen MR) is 81.0 cm³/mol. The summed E-state index contributed by atoms with van der Waals surface area (Å²) in [5, 5.41) is 10.6. The molecule has 0 aliphatic carbocycles. The van der Waals surface area contributed by atoms with Crippen molar-refractivity contribution in [1.82, 2.24) is 9.79 Å². The fraction of sp³-hybridized carbons (Fsp3) is 0.538. The monoisotopic (exact) mass is 289 g/mol. The van der Waals surface area contributed by atoms with Crippen molar-refractivity contribution in [2.75, 3.05) is 25.0 Å². The van der Waals surface area contributed by atoms with E-state index in [0.29, 0.717) is 0 Å². The van der Waals surface area contributed by atoms with Gasteiger partial charge >= 0.3 is 5.82 Å². The van der Waals surface area contributed by atoms with Crippen LogP contribution >= 0.6 is 0 Å². The smallest absolute Gasteiger partial charge is 0.363 e. The van der Waals surface area contributed by atoms with Crippen LogP contribution in [0.25, 0.3) is 0 Å². The lowest BCUT2D eigenvalue weighted by Gasteiger charge is -2.45. The molecule has 0 bridgehead atoms. The number of nitro groups is 1. The Labute approximate surface area is 124 Å². The summed E-state index contributed by atoms with van der Waals surface area (Å²) in [6.07, 6.45) is 4.16. The van der Waals surface area contributed by atoms with Crippen molar-refractivity contribution in [3.63, 3.8) is 0 Å².